The lowest BCUT2D eigenvalue weighted by Crippen LogP contribution is -2.22. The van der Waals surface area contributed by atoms with Crippen LogP contribution in [-0.2, 0) is 11.5 Å². The highest BCUT2D eigenvalue weighted by Gasteiger charge is 2.15. The summed E-state index contributed by atoms with van der Waals surface area (Å²) in [5.74, 6) is 0.662. The van der Waals surface area contributed by atoms with Crippen molar-refractivity contribution in [1.82, 2.24) is 14.8 Å². The summed E-state index contributed by atoms with van der Waals surface area (Å²) in [5, 5.41) is 4.56. The molecule has 2 N–H and O–H groups in total. The maximum Gasteiger partial charge on any atom is 0.141 e. The van der Waals surface area contributed by atoms with Gasteiger partial charge in [-0.05, 0) is 25.1 Å². The van der Waals surface area contributed by atoms with Crippen molar-refractivity contribution in [3.63, 3.8) is 0 Å². The number of hydrogen-bond donors (Lipinski definition) is 1. The Balaban J connectivity index is 2.05. The van der Waals surface area contributed by atoms with Crippen molar-refractivity contribution in [2.75, 3.05) is 12.3 Å². The molecule has 6 heteroatoms. The fourth-order valence-electron chi connectivity index (χ4n) is 1.98. The fourth-order valence-corrected chi connectivity index (χ4v) is 2.73. The Morgan fingerprint density at radius 2 is 1.90 bits per heavy atom. The van der Waals surface area contributed by atoms with Gasteiger partial charge in [-0.3, -0.25) is 4.98 Å². The summed E-state index contributed by atoms with van der Waals surface area (Å²) in [6.07, 6.45) is 3.52. The smallest absolute Gasteiger partial charge is 0.141 e. The van der Waals surface area contributed by atoms with Crippen LogP contribution >= 0.6 is 0 Å². The van der Waals surface area contributed by atoms with Crippen LogP contribution in [0.4, 0.5) is 5.82 Å². The molecule has 2 rings (SSSR count). The van der Waals surface area contributed by atoms with Crippen molar-refractivity contribution < 1.29 is 4.74 Å². The minimum absolute atomic E-state index is 0.405. The number of ether oxygens (including phenoxy) is 1. The van der Waals surface area contributed by atoms with Crippen LogP contribution in [0.25, 0.3) is 11.3 Å². The normalized spacial score (nSPS) is 11.8. The molecule has 114 valence electrons. The average Bonchev–Trinajstić information content (AvgIpc) is 2.72. The van der Waals surface area contributed by atoms with Gasteiger partial charge in [-0.15, -0.1) is 0 Å². The highest BCUT2D eigenvalue weighted by atomic mass is 28.3. The zero-order valence-electron chi connectivity index (χ0n) is 13.3. The Morgan fingerprint density at radius 1 is 1.24 bits per heavy atom. The van der Waals surface area contributed by atoms with Gasteiger partial charge >= 0.3 is 0 Å². The van der Waals surface area contributed by atoms with Gasteiger partial charge in [0.05, 0.1) is 5.69 Å². The molecule has 0 amide bonds. The molecule has 2 aromatic rings. The lowest BCUT2D eigenvalue weighted by Gasteiger charge is -2.15. The van der Waals surface area contributed by atoms with Gasteiger partial charge in [-0.1, -0.05) is 19.6 Å². The summed E-state index contributed by atoms with van der Waals surface area (Å²) in [5.41, 5.74) is 9.02. The van der Waals surface area contributed by atoms with Crippen molar-refractivity contribution in [1.29, 1.82) is 0 Å². The minimum Gasteiger partial charge on any atom is -0.384 e. The second-order valence-corrected chi connectivity index (χ2v) is 12.1. The third kappa shape index (κ3) is 4.15. The number of anilines is 1. The van der Waals surface area contributed by atoms with Gasteiger partial charge in [0.1, 0.15) is 12.5 Å². The number of nitrogens with two attached hydrogens (primary N) is 1. The lowest BCUT2D eigenvalue weighted by atomic mass is 10.1. The highest BCUT2D eigenvalue weighted by molar-refractivity contribution is 6.76. The number of pyridine rings is 1. The summed E-state index contributed by atoms with van der Waals surface area (Å²) in [6.45, 7) is 10.2. The summed E-state index contributed by atoms with van der Waals surface area (Å²) in [4.78, 5) is 4.03. The molecule has 0 spiro atoms. The average molecular weight is 304 g/mol. The van der Waals surface area contributed by atoms with E-state index in [2.05, 4.69) is 29.7 Å². The van der Waals surface area contributed by atoms with E-state index in [1.165, 1.54) is 0 Å². The molecule has 21 heavy (non-hydrogen) atoms. The van der Waals surface area contributed by atoms with Crippen LogP contribution < -0.4 is 5.73 Å². The van der Waals surface area contributed by atoms with Crippen LogP contribution in [0.3, 0.4) is 0 Å². The number of aromatic nitrogens is 3. The standard InChI is InChI=1S/C15H24N4OSi/c1-12-14(13-5-7-17-8-6-13)18-19(15(12)16)11-20-9-10-21(2,3)4/h5-8H,9-11,16H2,1-4H3. The fraction of sp³-hybridized carbons (Fsp3) is 0.467. The molecule has 2 aromatic heterocycles. The molecule has 0 saturated heterocycles. The molecule has 0 atom stereocenters. The quantitative estimate of drug-likeness (QED) is 0.657. The first-order valence-electron chi connectivity index (χ1n) is 7.19. The van der Waals surface area contributed by atoms with Crippen molar-refractivity contribution in [2.45, 2.75) is 39.3 Å². The van der Waals surface area contributed by atoms with E-state index < -0.39 is 8.07 Å². The third-order valence-electron chi connectivity index (χ3n) is 3.40. The molecule has 0 aliphatic rings. The first kappa shape index (κ1) is 15.7. The Hall–Kier alpha value is -1.66. The van der Waals surface area contributed by atoms with Crippen molar-refractivity contribution in [2.24, 2.45) is 0 Å². The van der Waals surface area contributed by atoms with Crippen LogP contribution in [0.2, 0.25) is 25.7 Å². The predicted molar refractivity (Wildman–Crippen MR) is 88.7 cm³/mol. The molecule has 0 aromatic carbocycles. The van der Waals surface area contributed by atoms with E-state index in [0.717, 1.165) is 29.5 Å². The topological polar surface area (TPSA) is 66.0 Å². The summed E-state index contributed by atoms with van der Waals surface area (Å²) in [7, 11) is -1.06. The van der Waals surface area contributed by atoms with Gasteiger partial charge in [0.25, 0.3) is 0 Å². The van der Waals surface area contributed by atoms with Crippen molar-refractivity contribution >= 4 is 13.9 Å². The molecule has 0 fully saturated rings. The zero-order valence-corrected chi connectivity index (χ0v) is 14.3. The first-order valence-corrected chi connectivity index (χ1v) is 10.9. The molecule has 0 bridgehead atoms. The Morgan fingerprint density at radius 3 is 2.52 bits per heavy atom. The monoisotopic (exact) mass is 304 g/mol. The van der Waals surface area contributed by atoms with E-state index in [9.17, 15) is 0 Å². The van der Waals surface area contributed by atoms with Crippen molar-refractivity contribution in [3.05, 3.63) is 30.1 Å². The van der Waals surface area contributed by atoms with E-state index in [4.69, 9.17) is 10.5 Å². The number of rotatable bonds is 6. The van der Waals surface area contributed by atoms with E-state index in [0.29, 0.717) is 12.5 Å². The molecule has 0 aliphatic heterocycles. The van der Waals surface area contributed by atoms with Gasteiger partial charge in [0.15, 0.2) is 0 Å². The van der Waals surface area contributed by atoms with Gasteiger partial charge in [0, 0.05) is 38.2 Å². The Labute approximate surface area is 127 Å². The van der Waals surface area contributed by atoms with Crippen molar-refractivity contribution in [3.8, 4) is 11.3 Å². The maximum atomic E-state index is 6.12. The molecule has 2 heterocycles. The molecular formula is C15H24N4OSi. The van der Waals surface area contributed by atoms with Crippen LogP contribution in [0, 0.1) is 6.92 Å². The van der Waals surface area contributed by atoms with Gasteiger partial charge < -0.3 is 10.5 Å². The third-order valence-corrected chi connectivity index (χ3v) is 5.11. The second-order valence-electron chi connectivity index (χ2n) is 6.44. The van der Waals surface area contributed by atoms with E-state index >= 15 is 0 Å². The number of nitrogen functional groups attached to an aromatic ring is 1. The van der Waals surface area contributed by atoms with Crippen LogP contribution in [0.5, 0.6) is 0 Å². The predicted octanol–water partition coefficient (Wildman–Crippen LogP) is 3.15. The second kappa shape index (κ2) is 6.40. The number of hydrogen-bond acceptors (Lipinski definition) is 4. The molecular weight excluding hydrogens is 280 g/mol. The van der Waals surface area contributed by atoms with E-state index in [1.807, 2.05) is 19.1 Å². The Bertz CT molecular complexity index is 590. The summed E-state index contributed by atoms with van der Waals surface area (Å²) in [6, 6.07) is 5.01. The Kier molecular flexibility index (Phi) is 4.79. The van der Waals surface area contributed by atoms with E-state index in [1.54, 1.807) is 17.1 Å². The molecule has 0 aliphatic carbocycles. The van der Waals surface area contributed by atoms with Gasteiger partial charge in [-0.2, -0.15) is 5.10 Å². The SMILES string of the molecule is Cc1c(-c2ccncc2)nn(COCC[Si](C)(C)C)c1N. The molecule has 0 unspecified atom stereocenters. The number of nitrogens with zero attached hydrogens (tertiary/aromatic N) is 3. The molecule has 0 saturated carbocycles. The van der Waals surface area contributed by atoms with Crippen LogP contribution in [0.1, 0.15) is 5.56 Å². The summed E-state index contributed by atoms with van der Waals surface area (Å²) >= 11 is 0. The van der Waals surface area contributed by atoms with Crippen LogP contribution in [-0.4, -0.2) is 29.4 Å². The molecule has 5 nitrogen and oxygen atoms in total. The highest BCUT2D eigenvalue weighted by Crippen LogP contribution is 2.25. The van der Waals surface area contributed by atoms with Gasteiger partial charge in [0.2, 0.25) is 0 Å². The minimum atomic E-state index is -1.06. The van der Waals surface area contributed by atoms with E-state index in [-0.39, 0.29) is 0 Å². The lowest BCUT2D eigenvalue weighted by molar-refractivity contribution is 0.0803. The summed E-state index contributed by atoms with van der Waals surface area (Å²) < 4.78 is 7.46. The largest absolute Gasteiger partial charge is 0.384 e. The molecule has 0 radical (unpaired) electrons. The van der Waals surface area contributed by atoms with Gasteiger partial charge in [-0.25, -0.2) is 4.68 Å². The first-order chi connectivity index (χ1) is 9.88. The van der Waals surface area contributed by atoms with Crippen LogP contribution in [0.15, 0.2) is 24.5 Å². The maximum absolute atomic E-state index is 6.12. The zero-order chi connectivity index (χ0) is 15.5.